The van der Waals surface area contributed by atoms with E-state index in [2.05, 4.69) is 6.92 Å². The van der Waals surface area contributed by atoms with E-state index in [1.165, 1.54) is 24.6 Å². The number of halogens is 1. The van der Waals surface area contributed by atoms with Crippen molar-refractivity contribution in [2.75, 3.05) is 12.8 Å². The van der Waals surface area contributed by atoms with Gasteiger partial charge in [0.15, 0.2) is 0 Å². The molecule has 0 aromatic heterocycles. The van der Waals surface area contributed by atoms with E-state index in [-0.39, 0.29) is 17.6 Å². The third-order valence-electron chi connectivity index (χ3n) is 3.94. The lowest BCUT2D eigenvalue weighted by Gasteiger charge is -2.34. The number of amides is 1. The first-order chi connectivity index (χ1) is 8.97. The monoisotopic (exact) mass is 264 g/mol. The number of nitrogens with zero attached hydrogens (tertiary/aromatic N) is 1. The Morgan fingerprint density at radius 3 is 2.74 bits per heavy atom. The lowest BCUT2D eigenvalue weighted by atomic mass is 9.86. The van der Waals surface area contributed by atoms with Crippen LogP contribution in [0.4, 0.5) is 10.1 Å². The van der Waals surface area contributed by atoms with Gasteiger partial charge in [0, 0.05) is 24.3 Å². The smallest absolute Gasteiger partial charge is 0.254 e. The molecular formula is C15H21FN2O. The Kier molecular flexibility index (Phi) is 4.08. The van der Waals surface area contributed by atoms with Crippen LogP contribution in [0.15, 0.2) is 18.2 Å². The highest BCUT2D eigenvalue weighted by atomic mass is 19.1. The first kappa shape index (κ1) is 13.8. The summed E-state index contributed by atoms with van der Waals surface area (Å²) in [7, 11) is 1.80. The summed E-state index contributed by atoms with van der Waals surface area (Å²) in [6.07, 6.45) is 4.42. The number of benzene rings is 1. The van der Waals surface area contributed by atoms with Crippen molar-refractivity contribution in [3.05, 3.63) is 29.6 Å². The number of carbonyl (C=O) groups excluding carboxylic acids is 1. The van der Waals surface area contributed by atoms with Gasteiger partial charge in [-0.25, -0.2) is 4.39 Å². The summed E-state index contributed by atoms with van der Waals surface area (Å²) in [5.41, 5.74) is 6.20. The summed E-state index contributed by atoms with van der Waals surface area (Å²) >= 11 is 0. The number of hydrogen-bond donors (Lipinski definition) is 1. The van der Waals surface area contributed by atoms with Gasteiger partial charge >= 0.3 is 0 Å². The molecule has 3 nitrogen and oxygen atoms in total. The van der Waals surface area contributed by atoms with Gasteiger partial charge in [-0.3, -0.25) is 4.79 Å². The zero-order chi connectivity index (χ0) is 14.0. The summed E-state index contributed by atoms with van der Waals surface area (Å²) in [5, 5.41) is 0. The average molecular weight is 264 g/mol. The largest absolute Gasteiger partial charge is 0.399 e. The van der Waals surface area contributed by atoms with E-state index >= 15 is 0 Å². The first-order valence-corrected chi connectivity index (χ1v) is 6.80. The molecule has 0 spiro atoms. The molecule has 1 amide bonds. The van der Waals surface area contributed by atoms with E-state index in [0.717, 1.165) is 19.3 Å². The van der Waals surface area contributed by atoms with E-state index in [1.54, 1.807) is 11.9 Å². The van der Waals surface area contributed by atoms with Crippen molar-refractivity contribution in [2.45, 2.75) is 38.6 Å². The van der Waals surface area contributed by atoms with Gasteiger partial charge in [0.05, 0.1) is 0 Å². The van der Waals surface area contributed by atoms with Crippen LogP contribution in [0.1, 0.15) is 43.0 Å². The Labute approximate surface area is 113 Å². The number of nitrogen functional groups attached to an aromatic ring is 1. The highest BCUT2D eigenvalue weighted by Gasteiger charge is 2.26. The third kappa shape index (κ3) is 3.25. The minimum atomic E-state index is -0.464. The molecule has 0 saturated heterocycles. The van der Waals surface area contributed by atoms with Crippen molar-refractivity contribution in [2.24, 2.45) is 5.92 Å². The average Bonchev–Trinajstić information content (AvgIpc) is 2.36. The van der Waals surface area contributed by atoms with Crippen LogP contribution in [0.2, 0.25) is 0 Å². The lowest BCUT2D eigenvalue weighted by molar-refractivity contribution is 0.0672. The van der Waals surface area contributed by atoms with Gasteiger partial charge in [-0.05, 0) is 37.0 Å². The van der Waals surface area contributed by atoms with E-state index in [1.807, 2.05) is 0 Å². The van der Waals surface area contributed by atoms with Crippen LogP contribution < -0.4 is 5.73 Å². The second-order valence-electron chi connectivity index (χ2n) is 5.61. The van der Waals surface area contributed by atoms with Gasteiger partial charge in [0.25, 0.3) is 5.91 Å². The number of nitrogens with two attached hydrogens (primary N) is 1. The Balaban J connectivity index is 2.13. The molecule has 0 radical (unpaired) electrons. The number of hydrogen-bond acceptors (Lipinski definition) is 2. The first-order valence-electron chi connectivity index (χ1n) is 6.80. The van der Waals surface area contributed by atoms with Crippen LogP contribution in [-0.4, -0.2) is 23.9 Å². The van der Waals surface area contributed by atoms with Crippen molar-refractivity contribution in [1.29, 1.82) is 0 Å². The van der Waals surface area contributed by atoms with Crippen LogP contribution in [0, 0.1) is 11.7 Å². The summed E-state index contributed by atoms with van der Waals surface area (Å²) in [6.45, 7) is 2.21. The van der Waals surface area contributed by atoms with Crippen molar-refractivity contribution in [1.82, 2.24) is 4.90 Å². The molecule has 0 aliphatic heterocycles. The Bertz CT molecular complexity index is 455. The van der Waals surface area contributed by atoms with Crippen molar-refractivity contribution in [3.63, 3.8) is 0 Å². The predicted molar refractivity (Wildman–Crippen MR) is 74.3 cm³/mol. The lowest BCUT2D eigenvalue weighted by Crippen LogP contribution is -2.39. The molecule has 1 fully saturated rings. The molecule has 2 unspecified atom stereocenters. The van der Waals surface area contributed by atoms with Gasteiger partial charge < -0.3 is 10.6 Å². The highest BCUT2D eigenvalue weighted by molar-refractivity contribution is 5.95. The van der Waals surface area contributed by atoms with E-state index in [4.69, 9.17) is 5.73 Å². The molecular weight excluding hydrogens is 243 g/mol. The Hall–Kier alpha value is -1.58. The van der Waals surface area contributed by atoms with Gasteiger partial charge in [-0.15, -0.1) is 0 Å². The summed E-state index contributed by atoms with van der Waals surface area (Å²) in [6, 6.07) is 4.26. The van der Waals surface area contributed by atoms with E-state index in [0.29, 0.717) is 11.5 Å². The second kappa shape index (κ2) is 5.59. The minimum Gasteiger partial charge on any atom is -0.399 e. The second-order valence-corrected chi connectivity index (χ2v) is 5.61. The molecule has 1 aliphatic carbocycles. The van der Waals surface area contributed by atoms with Crippen LogP contribution in [-0.2, 0) is 0 Å². The predicted octanol–water partition coefficient (Wildman–Crippen LogP) is 3.06. The van der Waals surface area contributed by atoms with E-state index < -0.39 is 5.82 Å². The topological polar surface area (TPSA) is 46.3 Å². The molecule has 19 heavy (non-hydrogen) atoms. The van der Waals surface area contributed by atoms with Crippen molar-refractivity contribution in [3.8, 4) is 0 Å². The molecule has 1 saturated carbocycles. The van der Waals surface area contributed by atoms with Crippen LogP contribution in [0.5, 0.6) is 0 Å². The number of carbonyl (C=O) groups is 1. The molecule has 104 valence electrons. The number of rotatable bonds is 2. The summed E-state index contributed by atoms with van der Waals surface area (Å²) < 4.78 is 13.3. The molecule has 1 aliphatic rings. The molecule has 1 aromatic rings. The van der Waals surface area contributed by atoms with Crippen LogP contribution >= 0.6 is 0 Å². The summed E-state index contributed by atoms with van der Waals surface area (Å²) in [5.74, 6) is 0.0330. The van der Waals surface area contributed by atoms with Gasteiger partial charge in [0.1, 0.15) is 5.82 Å². The van der Waals surface area contributed by atoms with Gasteiger partial charge in [0.2, 0.25) is 0 Å². The quantitative estimate of drug-likeness (QED) is 0.834. The molecule has 1 aromatic carbocycles. The third-order valence-corrected chi connectivity index (χ3v) is 3.94. The normalized spacial score (nSPS) is 23.1. The fraction of sp³-hybridized carbons (Fsp3) is 0.533. The zero-order valence-electron chi connectivity index (χ0n) is 11.5. The maximum atomic E-state index is 13.3. The fourth-order valence-corrected chi connectivity index (χ4v) is 2.86. The molecule has 2 atom stereocenters. The molecule has 4 heteroatoms. The maximum Gasteiger partial charge on any atom is 0.254 e. The molecule has 0 heterocycles. The van der Waals surface area contributed by atoms with Gasteiger partial charge in [-0.1, -0.05) is 19.8 Å². The Morgan fingerprint density at radius 2 is 2.11 bits per heavy atom. The molecule has 0 bridgehead atoms. The van der Waals surface area contributed by atoms with Crippen LogP contribution in [0.3, 0.4) is 0 Å². The number of anilines is 1. The van der Waals surface area contributed by atoms with E-state index in [9.17, 15) is 9.18 Å². The highest BCUT2D eigenvalue weighted by Crippen LogP contribution is 2.27. The molecule has 2 N–H and O–H groups in total. The van der Waals surface area contributed by atoms with Crippen LogP contribution in [0.25, 0.3) is 0 Å². The SMILES string of the molecule is CC1CCCC(N(C)C(=O)c2cc(N)cc(F)c2)C1. The van der Waals surface area contributed by atoms with Gasteiger partial charge in [-0.2, -0.15) is 0 Å². The minimum absolute atomic E-state index is 0.148. The maximum absolute atomic E-state index is 13.3. The van der Waals surface area contributed by atoms with Crippen molar-refractivity contribution < 1.29 is 9.18 Å². The van der Waals surface area contributed by atoms with Crippen molar-refractivity contribution >= 4 is 11.6 Å². The molecule has 2 rings (SSSR count). The fourth-order valence-electron chi connectivity index (χ4n) is 2.86. The summed E-state index contributed by atoms with van der Waals surface area (Å²) in [4.78, 5) is 14.1. The zero-order valence-corrected chi connectivity index (χ0v) is 11.5. The standard InChI is InChI=1S/C15H21FN2O/c1-10-4-3-5-14(6-10)18(2)15(19)11-7-12(16)9-13(17)8-11/h7-10,14H,3-6,17H2,1-2H3. The Morgan fingerprint density at radius 1 is 1.37 bits per heavy atom.